The minimum absolute atomic E-state index is 0.0477. The highest BCUT2D eigenvalue weighted by Gasteiger charge is 2.45. The smallest absolute Gasteiger partial charge is 0.220 e. The van der Waals surface area contributed by atoms with Crippen LogP contribution in [0.3, 0.4) is 0 Å². The normalized spacial score (nSPS) is 20.6. The number of fused-ring (bicyclic) bond motifs is 1. The first-order valence-electron chi connectivity index (χ1n) is 8.71. The SMILES string of the molecule is O=C(CCc1ccccn1)N[C@H]1CC2(CCC2)Oc2ccccc21. The van der Waals surface area contributed by atoms with E-state index in [-0.39, 0.29) is 17.6 Å². The van der Waals surface area contributed by atoms with Crippen molar-refractivity contribution in [3.63, 3.8) is 0 Å². The summed E-state index contributed by atoms with van der Waals surface area (Å²) >= 11 is 0. The first-order chi connectivity index (χ1) is 11.7. The van der Waals surface area contributed by atoms with E-state index in [9.17, 15) is 4.79 Å². The molecule has 1 N–H and O–H groups in total. The van der Waals surface area contributed by atoms with Crippen LogP contribution in [0.15, 0.2) is 48.7 Å². The highest BCUT2D eigenvalue weighted by atomic mass is 16.5. The fourth-order valence-corrected chi connectivity index (χ4v) is 3.68. The van der Waals surface area contributed by atoms with Gasteiger partial charge >= 0.3 is 0 Å². The van der Waals surface area contributed by atoms with Gasteiger partial charge in [-0.3, -0.25) is 9.78 Å². The van der Waals surface area contributed by atoms with Crippen LogP contribution in [0.1, 0.15) is 49.4 Å². The lowest BCUT2D eigenvalue weighted by Gasteiger charge is -2.48. The number of ether oxygens (including phenoxy) is 1. The van der Waals surface area contributed by atoms with Crippen LogP contribution in [-0.2, 0) is 11.2 Å². The summed E-state index contributed by atoms with van der Waals surface area (Å²) in [6, 6.07) is 13.9. The van der Waals surface area contributed by atoms with Crippen molar-refractivity contribution in [1.82, 2.24) is 10.3 Å². The number of aryl methyl sites for hydroxylation is 1. The van der Waals surface area contributed by atoms with Crippen molar-refractivity contribution < 1.29 is 9.53 Å². The molecule has 1 aliphatic heterocycles. The van der Waals surface area contributed by atoms with Crippen LogP contribution in [0.2, 0.25) is 0 Å². The van der Waals surface area contributed by atoms with E-state index in [2.05, 4.69) is 16.4 Å². The minimum atomic E-state index is -0.0622. The lowest BCUT2D eigenvalue weighted by atomic mass is 9.73. The van der Waals surface area contributed by atoms with Gasteiger partial charge < -0.3 is 10.1 Å². The first-order valence-corrected chi connectivity index (χ1v) is 8.71. The number of amides is 1. The van der Waals surface area contributed by atoms with Gasteiger partial charge in [-0.2, -0.15) is 0 Å². The Bertz CT molecular complexity index is 725. The zero-order chi connectivity index (χ0) is 16.4. The van der Waals surface area contributed by atoms with Crippen LogP contribution in [-0.4, -0.2) is 16.5 Å². The topological polar surface area (TPSA) is 51.2 Å². The second kappa shape index (κ2) is 6.27. The Balaban J connectivity index is 1.44. The maximum atomic E-state index is 12.4. The molecule has 4 rings (SSSR count). The Morgan fingerprint density at radius 2 is 2.04 bits per heavy atom. The highest BCUT2D eigenvalue weighted by molar-refractivity contribution is 5.77. The third kappa shape index (κ3) is 3.01. The summed E-state index contributed by atoms with van der Waals surface area (Å²) in [6.07, 6.45) is 7.15. The van der Waals surface area contributed by atoms with Gasteiger partial charge in [0, 0.05) is 30.3 Å². The van der Waals surface area contributed by atoms with Gasteiger partial charge in [0.25, 0.3) is 0 Å². The number of para-hydroxylation sites is 1. The Labute approximate surface area is 142 Å². The number of nitrogens with one attached hydrogen (secondary N) is 1. The van der Waals surface area contributed by atoms with Crippen LogP contribution in [0.5, 0.6) is 5.75 Å². The third-order valence-corrected chi connectivity index (χ3v) is 5.13. The van der Waals surface area contributed by atoms with E-state index in [4.69, 9.17) is 4.74 Å². The molecular formula is C20H22N2O2. The summed E-state index contributed by atoms with van der Waals surface area (Å²) in [7, 11) is 0. The number of rotatable bonds is 4. The lowest BCUT2D eigenvalue weighted by Crippen LogP contribution is -2.49. The number of aromatic nitrogens is 1. The zero-order valence-corrected chi connectivity index (χ0v) is 13.7. The van der Waals surface area contributed by atoms with Crippen LogP contribution >= 0.6 is 0 Å². The van der Waals surface area contributed by atoms with Crippen molar-refractivity contribution in [2.75, 3.05) is 0 Å². The average molecular weight is 322 g/mol. The molecular weight excluding hydrogens is 300 g/mol. The molecule has 1 spiro atoms. The molecule has 1 saturated carbocycles. The summed E-state index contributed by atoms with van der Waals surface area (Å²) < 4.78 is 6.24. The molecule has 1 amide bonds. The number of hydrogen-bond donors (Lipinski definition) is 1. The summed E-state index contributed by atoms with van der Waals surface area (Å²) in [5.74, 6) is 1.01. The van der Waals surface area contributed by atoms with E-state index in [1.807, 2.05) is 36.4 Å². The molecule has 1 atom stereocenters. The van der Waals surface area contributed by atoms with E-state index in [1.165, 1.54) is 6.42 Å². The zero-order valence-electron chi connectivity index (χ0n) is 13.7. The fraction of sp³-hybridized carbons (Fsp3) is 0.400. The first kappa shape index (κ1) is 15.2. The van der Waals surface area contributed by atoms with Crippen LogP contribution < -0.4 is 10.1 Å². The Morgan fingerprint density at radius 3 is 2.79 bits per heavy atom. The standard InChI is InChI=1S/C20H22N2O2/c23-19(10-9-15-6-3-4-13-21-15)22-17-14-20(11-5-12-20)24-18-8-2-1-7-16(17)18/h1-4,6-8,13,17H,5,9-12,14H2,(H,22,23)/t17-/m0/s1. The Hall–Kier alpha value is -2.36. The number of pyridine rings is 1. The molecule has 2 aromatic rings. The van der Waals surface area contributed by atoms with Crippen LogP contribution in [0.4, 0.5) is 0 Å². The van der Waals surface area contributed by atoms with Crippen molar-refractivity contribution in [3.05, 3.63) is 59.9 Å². The molecule has 1 aliphatic carbocycles. The van der Waals surface area contributed by atoms with Gasteiger partial charge in [-0.1, -0.05) is 24.3 Å². The maximum absolute atomic E-state index is 12.4. The molecule has 0 radical (unpaired) electrons. The molecule has 4 nitrogen and oxygen atoms in total. The summed E-state index contributed by atoms with van der Waals surface area (Å²) in [6.45, 7) is 0. The summed E-state index contributed by atoms with van der Waals surface area (Å²) in [5.41, 5.74) is 1.99. The summed E-state index contributed by atoms with van der Waals surface area (Å²) in [5, 5.41) is 3.22. The molecule has 0 bridgehead atoms. The molecule has 1 aromatic carbocycles. The average Bonchev–Trinajstić information content (AvgIpc) is 2.59. The Morgan fingerprint density at radius 1 is 1.21 bits per heavy atom. The van der Waals surface area contributed by atoms with Gasteiger partial charge in [0.1, 0.15) is 11.4 Å². The molecule has 0 saturated heterocycles. The van der Waals surface area contributed by atoms with E-state index in [1.54, 1.807) is 6.20 Å². The number of carbonyl (C=O) groups is 1. The predicted octanol–water partition coefficient (Wildman–Crippen LogP) is 3.58. The fourth-order valence-electron chi connectivity index (χ4n) is 3.68. The molecule has 124 valence electrons. The molecule has 2 aliphatic rings. The molecule has 0 unspecified atom stereocenters. The van der Waals surface area contributed by atoms with Crippen LogP contribution in [0, 0.1) is 0 Å². The second-order valence-corrected chi connectivity index (χ2v) is 6.82. The van der Waals surface area contributed by atoms with Gasteiger partial charge in [0.05, 0.1) is 6.04 Å². The summed E-state index contributed by atoms with van der Waals surface area (Å²) in [4.78, 5) is 16.7. The minimum Gasteiger partial charge on any atom is -0.487 e. The predicted molar refractivity (Wildman–Crippen MR) is 91.7 cm³/mol. The molecule has 1 aromatic heterocycles. The molecule has 4 heteroatoms. The largest absolute Gasteiger partial charge is 0.487 e. The third-order valence-electron chi connectivity index (χ3n) is 5.13. The number of nitrogens with zero attached hydrogens (tertiary/aromatic N) is 1. The lowest BCUT2D eigenvalue weighted by molar-refractivity contribution is -0.123. The van der Waals surface area contributed by atoms with Gasteiger partial charge in [0.2, 0.25) is 5.91 Å². The van der Waals surface area contributed by atoms with Gasteiger partial charge in [-0.05, 0) is 43.9 Å². The van der Waals surface area contributed by atoms with Crippen molar-refractivity contribution in [2.24, 2.45) is 0 Å². The van der Waals surface area contributed by atoms with Crippen molar-refractivity contribution in [2.45, 2.75) is 50.2 Å². The van der Waals surface area contributed by atoms with E-state index >= 15 is 0 Å². The molecule has 2 heterocycles. The quantitative estimate of drug-likeness (QED) is 0.936. The van der Waals surface area contributed by atoms with Crippen molar-refractivity contribution >= 4 is 5.91 Å². The van der Waals surface area contributed by atoms with E-state index < -0.39 is 0 Å². The Kier molecular flexibility index (Phi) is 3.97. The number of hydrogen-bond acceptors (Lipinski definition) is 3. The van der Waals surface area contributed by atoms with Crippen molar-refractivity contribution in [3.8, 4) is 5.75 Å². The van der Waals surface area contributed by atoms with Crippen LogP contribution in [0.25, 0.3) is 0 Å². The van der Waals surface area contributed by atoms with Gasteiger partial charge in [-0.15, -0.1) is 0 Å². The van der Waals surface area contributed by atoms with Gasteiger partial charge in [0.15, 0.2) is 0 Å². The van der Waals surface area contributed by atoms with E-state index in [0.717, 1.165) is 36.3 Å². The van der Waals surface area contributed by atoms with Crippen molar-refractivity contribution in [1.29, 1.82) is 0 Å². The monoisotopic (exact) mass is 322 g/mol. The molecule has 1 fully saturated rings. The second-order valence-electron chi connectivity index (χ2n) is 6.82. The van der Waals surface area contributed by atoms with E-state index in [0.29, 0.717) is 12.8 Å². The highest BCUT2D eigenvalue weighted by Crippen LogP contribution is 2.48. The molecule has 24 heavy (non-hydrogen) atoms. The number of carbonyl (C=O) groups excluding carboxylic acids is 1. The number of benzene rings is 1. The van der Waals surface area contributed by atoms with Gasteiger partial charge in [-0.25, -0.2) is 0 Å². The maximum Gasteiger partial charge on any atom is 0.220 e.